The van der Waals surface area contributed by atoms with Crippen molar-refractivity contribution in [2.45, 2.75) is 33.5 Å². The number of cyclic esters (lactones) is 2. The Morgan fingerprint density at radius 1 is 1.07 bits per heavy atom. The first-order valence-electron chi connectivity index (χ1n) is 8.53. The fraction of sp³-hybridized carbons (Fsp3) is 0.300. The summed E-state index contributed by atoms with van der Waals surface area (Å²) in [6, 6.07) is 9.06. The zero-order valence-corrected chi connectivity index (χ0v) is 15.8. The minimum atomic E-state index is -1.38. The smallest absolute Gasteiger partial charge is 0.349 e. The summed E-state index contributed by atoms with van der Waals surface area (Å²) in [6.45, 7) is 6.91. The minimum Gasteiger partial charge on any atom is -0.457 e. The number of carbonyl (C=O) groups excluding carboxylic acids is 2. The Morgan fingerprint density at radius 2 is 1.71 bits per heavy atom. The Morgan fingerprint density at radius 3 is 2.29 bits per heavy atom. The molecule has 3 rings (SSSR count). The molecule has 2 aromatic rings. The molecular formula is C20H19NO7. The van der Waals surface area contributed by atoms with Gasteiger partial charge in [0, 0.05) is 36.1 Å². The van der Waals surface area contributed by atoms with Crippen LogP contribution in [0, 0.1) is 15.5 Å². The molecule has 146 valence electrons. The molecule has 0 saturated carbocycles. The van der Waals surface area contributed by atoms with E-state index in [2.05, 4.69) is 0 Å². The van der Waals surface area contributed by atoms with Gasteiger partial charge >= 0.3 is 11.9 Å². The fourth-order valence-electron chi connectivity index (χ4n) is 2.49. The van der Waals surface area contributed by atoms with Crippen molar-refractivity contribution >= 4 is 23.7 Å². The molecule has 28 heavy (non-hydrogen) atoms. The van der Waals surface area contributed by atoms with Crippen molar-refractivity contribution in [2.75, 3.05) is 0 Å². The van der Waals surface area contributed by atoms with E-state index in [4.69, 9.17) is 13.9 Å². The monoisotopic (exact) mass is 385 g/mol. The average Bonchev–Trinajstić information content (AvgIpc) is 3.06. The number of hydrogen-bond acceptors (Lipinski definition) is 7. The Kier molecular flexibility index (Phi) is 4.58. The minimum absolute atomic E-state index is 0.0743. The normalized spacial score (nSPS) is 19.8. The van der Waals surface area contributed by atoms with Crippen molar-refractivity contribution in [3.63, 3.8) is 0 Å². The highest BCUT2D eigenvalue weighted by atomic mass is 16.7. The van der Waals surface area contributed by atoms with Crippen LogP contribution in [0.25, 0.3) is 17.4 Å². The van der Waals surface area contributed by atoms with Crippen molar-refractivity contribution < 1.29 is 28.4 Å². The van der Waals surface area contributed by atoms with Gasteiger partial charge in [-0.3, -0.25) is 10.1 Å². The number of nitro groups is 1. The maximum atomic E-state index is 12.4. The largest absolute Gasteiger partial charge is 0.457 e. The van der Waals surface area contributed by atoms with E-state index < -0.39 is 28.1 Å². The van der Waals surface area contributed by atoms with Crippen LogP contribution in [0.2, 0.25) is 0 Å². The van der Waals surface area contributed by atoms with Gasteiger partial charge in [0.15, 0.2) is 0 Å². The summed E-state index contributed by atoms with van der Waals surface area (Å²) < 4.78 is 16.3. The zero-order valence-electron chi connectivity index (χ0n) is 15.8. The van der Waals surface area contributed by atoms with Crippen LogP contribution in [0.4, 0.5) is 5.69 Å². The maximum absolute atomic E-state index is 12.4. The van der Waals surface area contributed by atoms with E-state index in [9.17, 15) is 19.7 Å². The van der Waals surface area contributed by atoms with E-state index in [0.29, 0.717) is 11.3 Å². The number of nitrogens with zero attached hydrogens (tertiary/aromatic N) is 1. The van der Waals surface area contributed by atoms with Gasteiger partial charge in [0.05, 0.1) is 4.92 Å². The van der Waals surface area contributed by atoms with Crippen LogP contribution in [0.3, 0.4) is 0 Å². The Labute approximate surface area is 160 Å². The number of ether oxygens (including phenoxy) is 2. The number of esters is 2. The van der Waals surface area contributed by atoms with Gasteiger partial charge in [-0.15, -0.1) is 0 Å². The van der Waals surface area contributed by atoms with Crippen molar-refractivity contribution in [3.05, 3.63) is 57.8 Å². The van der Waals surface area contributed by atoms with E-state index in [1.54, 1.807) is 39.0 Å². The molecule has 1 aromatic carbocycles. The second-order valence-electron chi connectivity index (χ2n) is 7.54. The first-order chi connectivity index (χ1) is 13.0. The zero-order chi connectivity index (χ0) is 20.7. The molecule has 0 N–H and O–H groups in total. The van der Waals surface area contributed by atoms with Gasteiger partial charge in [0.1, 0.15) is 17.1 Å². The number of rotatable bonds is 3. The first kappa shape index (κ1) is 19.3. The van der Waals surface area contributed by atoms with Crippen molar-refractivity contribution in [1.29, 1.82) is 0 Å². The summed E-state index contributed by atoms with van der Waals surface area (Å²) in [5.41, 5.74) is -0.478. The molecule has 1 saturated heterocycles. The molecule has 0 spiro atoms. The van der Waals surface area contributed by atoms with Crippen LogP contribution in [0.1, 0.15) is 33.5 Å². The maximum Gasteiger partial charge on any atom is 0.349 e. The van der Waals surface area contributed by atoms with Crippen molar-refractivity contribution in [2.24, 2.45) is 5.41 Å². The Hall–Kier alpha value is -3.42. The van der Waals surface area contributed by atoms with Gasteiger partial charge in [-0.25, -0.2) is 9.59 Å². The van der Waals surface area contributed by atoms with Crippen molar-refractivity contribution in [3.8, 4) is 11.3 Å². The lowest BCUT2D eigenvalue weighted by Gasteiger charge is -2.42. The van der Waals surface area contributed by atoms with Crippen LogP contribution in [-0.2, 0) is 19.1 Å². The van der Waals surface area contributed by atoms with Gasteiger partial charge in [-0.1, -0.05) is 32.9 Å². The predicted molar refractivity (Wildman–Crippen MR) is 98.8 cm³/mol. The molecule has 1 aliphatic heterocycles. The Bertz CT molecular complexity index is 974. The van der Waals surface area contributed by atoms with Gasteiger partial charge in [-0.05, 0) is 12.1 Å². The van der Waals surface area contributed by atoms with Gasteiger partial charge < -0.3 is 13.9 Å². The highest BCUT2D eigenvalue weighted by Gasteiger charge is 2.50. The third kappa shape index (κ3) is 3.53. The van der Waals surface area contributed by atoms with Crippen LogP contribution >= 0.6 is 0 Å². The standard InChI is InChI=1S/C20H19NO7/c1-19(2,3)20(4)27-17(22)15(18(23)28-20)11-14-8-9-16(26-14)12-6-5-7-13(10-12)21(24)25/h5-11H,1-4H3. The Balaban J connectivity index is 1.88. The average molecular weight is 385 g/mol. The molecule has 0 atom stereocenters. The summed E-state index contributed by atoms with van der Waals surface area (Å²) in [4.78, 5) is 35.1. The van der Waals surface area contributed by atoms with Crippen LogP contribution in [0.5, 0.6) is 0 Å². The van der Waals surface area contributed by atoms with Crippen LogP contribution in [0.15, 0.2) is 46.4 Å². The number of hydrogen-bond donors (Lipinski definition) is 0. The van der Waals surface area contributed by atoms with Crippen LogP contribution < -0.4 is 0 Å². The van der Waals surface area contributed by atoms with E-state index >= 15 is 0 Å². The summed E-state index contributed by atoms with van der Waals surface area (Å²) in [6.07, 6.45) is 1.23. The molecule has 0 bridgehead atoms. The SMILES string of the molecule is CC(C)(C)C1(C)OC(=O)C(=Cc2ccc(-c3cccc([N+](=O)[O-])c3)o2)C(=O)O1. The topological polar surface area (TPSA) is 109 Å². The molecule has 8 heteroatoms. The lowest BCUT2D eigenvalue weighted by molar-refractivity contribution is -0.384. The van der Waals surface area contributed by atoms with Crippen LogP contribution in [-0.4, -0.2) is 22.6 Å². The molecular weight excluding hydrogens is 366 g/mol. The lowest BCUT2D eigenvalue weighted by atomic mass is 9.86. The highest BCUT2D eigenvalue weighted by molar-refractivity contribution is 6.18. The molecule has 1 aliphatic rings. The second-order valence-corrected chi connectivity index (χ2v) is 7.54. The van der Waals surface area contributed by atoms with E-state index in [1.165, 1.54) is 31.2 Å². The number of carbonyl (C=O) groups is 2. The molecule has 8 nitrogen and oxygen atoms in total. The third-order valence-electron chi connectivity index (χ3n) is 4.63. The summed E-state index contributed by atoms with van der Waals surface area (Å²) in [7, 11) is 0. The van der Waals surface area contributed by atoms with E-state index in [0.717, 1.165) is 0 Å². The summed E-state index contributed by atoms with van der Waals surface area (Å²) >= 11 is 0. The third-order valence-corrected chi connectivity index (χ3v) is 4.63. The van der Waals surface area contributed by atoms with E-state index in [1.807, 2.05) is 0 Å². The first-order valence-corrected chi connectivity index (χ1v) is 8.53. The molecule has 1 aromatic heterocycles. The summed E-state index contributed by atoms with van der Waals surface area (Å²) in [5, 5.41) is 10.9. The molecule has 0 aliphatic carbocycles. The summed E-state index contributed by atoms with van der Waals surface area (Å²) in [5.74, 6) is -2.42. The van der Waals surface area contributed by atoms with Gasteiger partial charge in [0.25, 0.3) is 11.5 Å². The number of non-ortho nitro benzene ring substituents is 1. The van der Waals surface area contributed by atoms with Crippen molar-refractivity contribution in [1.82, 2.24) is 0 Å². The fourth-order valence-corrected chi connectivity index (χ4v) is 2.49. The predicted octanol–water partition coefficient (Wildman–Crippen LogP) is 4.10. The molecule has 1 fully saturated rings. The number of benzene rings is 1. The molecule has 0 radical (unpaired) electrons. The number of nitro benzene ring substituents is 1. The second kappa shape index (κ2) is 6.63. The number of furan rings is 1. The van der Waals surface area contributed by atoms with Gasteiger partial charge in [-0.2, -0.15) is 0 Å². The quantitative estimate of drug-likeness (QED) is 0.257. The highest BCUT2D eigenvalue weighted by Crippen LogP contribution is 2.39. The lowest BCUT2D eigenvalue weighted by Crippen LogP contribution is -2.52. The van der Waals surface area contributed by atoms with Gasteiger partial charge in [0.2, 0.25) is 0 Å². The molecule has 2 heterocycles. The molecule has 0 amide bonds. The van der Waals surface area contributed by atoms with E-state index in [-0.39, 0.29) is 17.0 Å². The molecule has 0 unspecified atom stereocenters.